The molecule has 0 unspecified atom stereocenters. The predicted molar refractivity (Wildman–Crippen MR) is 109 cm³/mol. The van der Waals surface area contributed by atoms with Crippen LogP contribution in [0.25, 0.3) is 0 Å². The van der Waals surface area contributed by atoms with E-state index in [1.54, 1.807) is 0 Å². The normalized spacial score (nSPS) is 13.5. The molecule has 1 aliphatic heterocycles. The molecule has 1 fully saturated rings. The Balaban J connectivity index is 1.47. The summed E-state index contributed by atoms with van der Waals surface area (Å²) in [6, 6.07) is 13.5. The summed E-state index contributed by atoms with van der Waals surface area (Å²) in [6.07, 6.45) is 3.68. The first kappa shape index (κ1) is 20.4. The summed E-state index contributed by atoms with van der Waals surface area (Å²) >= 11 is 0. The van der Waals surface area contributed by atoms with Crippen molar-refractivity contribution in [2.45, 2.75) is 19.3 Å². The van der Waals surface area contributed by atoms with E-state index in [2.05, 4.69) is 15.0 Å². The highest BCUT2D eigenvalue weighted by Crippen LogP contribution is 2.21. The van der Waals surface area contributed by atoms with Crippen molar-refractivity contribution in [2.24, 2.45) is 0 Å². The number of rotatable bonds is 6. The summed E-state index contributed by atoms with van der Waals surface area (Å²) in [5, 5.41) is 2.71. The highest BCUT2D eigenvalue weighted by molar-refractivity contribution is 5.96. The van der Waals surface area contributed by atoms with Crippen LogP contribution in [-0.4, -0.2) is 44.7 Å². The zero-order valence-electron chi connectivity index (χ0n) is 16.3. The minimum atomic E-state index is -0.642. The molecule has 0 aromatic heterocycles. The lowest BCUT2D eigenvalue weighted by molar-refractivity contribution is -0.119. The SMILES string of the molecule is COC(=O)c1ccc(C(=O)OCC(=O)Nc2ccc(N3CCCCC3)cc2)cc1. The molecule has 0 atom stereocenters. The maximum atomic E-state index is 12.1. The van der Waals surface area contributed by atoms with E-state index in [0.717, 1.165) is 18.8 Å². The van der Waals surface area contributed by atoms with E-state index in [1.165, 1.54) is 50.6 Å². The second-order valence-electron chi connectivity index (χ2n) is 6.79. The molecule has 0 spiro atoms. The fourth-order valence-corrected chi connectivity index (χ4v) is 3.18. The molecule has 1 aliphatic rings. The third kappa shape index (κ3) is 5.57. The van der Waals surface area contributed by atoms with Gasteiger partial charge in [0.25, 0.3) is 5.91 Å². The Morgan fingerprint density at radius 1 is 0.862 bits per heavy atom. The second-order valence-corrected chi connectivity index (χ2v) is 6.79. The van der Waals surface area contributed by atoms with Gasteiger partial charge in [0.15, 0.2) is 6.61 Å². The van der Waals surface area contributed by atoms with Gasteiger partial charge in [0.2, 0.25) is 0 Å². The summed E-state index contributed by atoms with van der Waals surface area (Å²) in [6.45, 7) is 1.72. The van der Waals surface area contributed by atoms with Crippen LogP contribution in [0.3, 0.4) is 0 Å². The maximum absolute atomic E-state index is 12.1. The van der Waals surface area contributed by atoms with Gasteiger partial charge in [-0.25, -0.2) is 9.59 Å². The summed E-state index contributed by atoms with van der Waals surface area (Å²) < 4.78 is 9.64. The number of hydrogen-bond acceptors (Lipinski definition) is 6. The van der Waals surface area contributed by atoms with Gasteiger partial charge < -0.3 is 19.7 Å². The Bertz CT molecular complexity index is 856. The zero-order valence-corrected chi connectivity index (χ0v) is 16.3. The van der Waals surface area contributed by atoms with Crippen molar-refractivity contribution >= 4 is 29.2 Å². The number of nitrogens with one attached hydrogen (secondary N) is 1. The van der Waals surface area contributed by atoms with Crippen LogP contribution in [0.2, 0.25) is 0 Å². The highest BCUT2D eigenvalue weighted by Gasteiger charge is 2.13. The van der Waals surface area contributed by atoms with E-state index in [1.807, 2.05) is 24.3 Å². The van der Waals surface area contributed by atoms with Gasteiger partial charge in [0, 0.05) is 24.5 Å². The quantitative estimate of drug-likeness (QED) is 0.755. The van der Waals surface area contributed by atoms with Crippen molar-refractivity contribution < 1.29 is 23.9 Å². The topological polar surface area (TPSA) is 84.9 Å². The number of carbonyl (C=O) groups is 3. The van der Waals surface area contributed by atoms with E-state index >= 15 is 0 Å². The van der Waals surface area contributed by atoms with E-state index in [9.17, 15) is 14.4 Å². The molecule has 1 saturated heterocycles. The maximum Gasteiger partial charge on any atom is 0.338 e. The monoisotopic (exact) mass is 396 g/mol. The number of anilines is 2. The minimum absolute atomic E-state index is 0.247. The van der Waals surface area contributed by atoms with Gasteiger partial charge >= 0.3 is 11.9 Å². The zero-order chi connectivity index (χ0) is 20.6. The van der Waals surface area contributed by atoms with Crippen molar-refractivity contribution in [2.75, 3.05) is 37.0 Å². The first-order valence-corrected chi connectivity index (χ1v) is 9.57. The van der Waals surface area contributed by atoms with Crippen LogP contribution in [0.4, 0.5) is 11.4 Å². The molecule has 0 bridgehead atoms. The van der Waals surface area contributed by atoms with Crippen LogP contribution in [0, 0.1) is 0 Å². The largest absolute Gasteiger partial charge is 0.465 e. The number of carbonyl (C=O) groups excluding carboxylic acids is 3. The fraction of sp³-hybridized carbons (Fsp3) is 0.318. The molecule has 1 amide bonds. The molecule has 29 heavy (non-hydrogen) atoms. The van der Waals surface area contributed by atoms with Crippen molar-refractivity contribution in [3.8, 4) is 0 Å². The third-order valence-corrected chi connectivity index (χ3v) is 4.75. The lowest BCUT2D eigenvalue weighted by atomic mass is 10.1. The molecule has 7 nitrogen and oxygen atoms in total. The van der Waals surface area contributed by atoms with Gasteiger partial charge in [-0.3, -0.25) is 4.79 Å². The molecule has 0 radical (unpaired) electrons. The van der Waals surface area contributed by atoms with Gasteiger partial charge in [-0.05, 0) is 67.8 Å². The molecule has 1 heterocycles. The fourth-order valence-electron chi connectivity index (χ4n) is 3.18. The number of ether oxygens (including phenoxy) is 2. The van der Waals surface area contributed by atoms with Crippen molar-refractivity contribution in [1.82, 2.24) is 0 Å². The standard InChI is InChI=1S/C22H24N2O5/c1-28-21(26)16-5-7-17(8-6-16)22(27)29-15-20(25)23-18-9-11-19(12-10-18)24-13-3-2-4-14-24/h5-12H,2-4,13-15H2,1H3,(H,23,25). The van der Waals surface area contributed by atoms with Crippen LogP contribution in [-0.2, 0) is 14.3 Å². The Morgan fingerprint density at radius 2 is 1.45 bits per heavy atom. The molecule has 7 heteroatoms. The molecular formula is C22H24N2O5. The van der Waals surface area contributed by atoms with Crippen LogP contribution < -0.4 is 10.2 Å². The van der Waals surface area contributed by atoms with Gasteiger partial charge in [-0.2, -0.15) is 0 Å². The van der Waals surface area contributed by atoms with E-state index in [4.69, 9.17) is 4.74 Å². The smallest absolute Gasteiger partial charge is 0.338 e. The molecule has 2 aromatic rings. The Labute approximate surface area is 169 Å². The minimum Gasteiger partial charge on any atom is -0.465 e. The lowest BCUT2D eigenvalue weighted by Crippen LogP contribution is -2.29. The predicted octanol–water partition coefficient (Wildman–Crippen LogP) is 3.26. The van der Waals surface area contributed by atoms with E-state index in [-0.39, 0.29) is 5.56 Å². The number of esters is 2. The van der Waals surface area contributed by atoms with Crippen molar-refractivity contribution in [1.29, 1.82) is 0 Å². The average molecular weight is 396 g/mol. The highest BCUT2D eigenvalue weighted by atomic mass is 16.5. The molecule has 1 N–H and O–H groups in total. The second kappa shape index (κ2) is 9.73. The van der Waals surface area contributed by atoms with Gasteiger partial charge in [-0.1, -0.05) is 0 Å². The molecule has 0 saturated carbocycles. The number of piperidine rings is 1. The third-order valence-electron chi connectivity index (χ3n) is 4.75. The molecular weight excluding hydrogens is 372 g/mol. The first-order valence-electron chi connectivity index (χ1n) is 9.57. The van der Waals surface area contributed by atoms with E-state index < -0.39 is 24.5 Å². The Morgan fingerprint density at radius 3 is 2.03 bits per heavy atom. The van der Waals surface area contributed by atoms with Gasteiger partial charge in [0.1, 0.15) is 0 Å². The average Bonchev–Trinajstić information content (AvgIpc) is 2.78. The number of amides is 1. The van der Waals surface area contributed by atoms with Gasteiger partial charge in [0.05, 0.1) is 18.2 Å². The molecule has 152 valence electrons. The van der Waals surface area contributed by atoms with Gasteiger partial charge in [-0.15, -0.1) is 0 Å². The molecule has 0 aliphatic carbocycles. The number of nitrogens with zero attached hydrogens (tertiary/aromatic N) is 1. The molecule has 2 aromatic carbocycles. The Hall–Kier alpha value is -3.35. The van der Waals surface area contributed by atoms with Crippen LogP contribution in [0.1, 0.15) is 40.0 Å². The van der Waals surface area contributed by atoms with Crippen LogP contribution in [0.5, 0.6) is 0 Å². The summed E-state index contributed by atoms with van der Waals surface area (Å²) in [4.78, 5) is 37.8. The van der Waals surface area contributed by atoms with Crippen LogP contribution in [0.15, 0.2) is 48.5 Å². The van der Waals surface area contributed by atoms with Crippen LogP contribution >= 0.6 is 0 Å². The number of hydrogen-bond donors (Lipinski definition) is 1. The van der Waals surface area contributed by atoms with E-state index in [0.29, 0.717) is 11.3 Å². The molecule has 3 rings (SSSR count). The first-order chi connectivity index (χ1) is 14.1. The summed E-state index contributed by atoms with van der Waals surface area (Å²) in [5.74, 6) is -1.55. The summed E-state index contributed by atoms with van der Waals surface area (Å²) in [5.41, 5.74) is 2.37. The Kier molecular flexibility index (Phi) is 6.84. The number of benzene rings is 2. The lowest BCUT2D eigenvalue weighted by Gasteiger charge is -2.28. The summed E-state index contributed by atoms with van der Waals surface area (Å²) in [7, 11) is 1.28. The number of methoxy groups -OCH3 is 1. The van der Waals surface area contributed by atoms with Crippen molar-refractivity contribution in [3.63, 3.8) is 0 Å². The van der Waals surface area contributed by atoms with Crippen molar-refractivity contribution in [3.05, 3.63) is 59.7 Å².